The summed E-state index contributed by atoms with van der Waals surface area (Å²) in [6.45, 7) is 0.596. The first-order valence-corrected chi connectivity index (χ1v) is 13.3. The lowest BCUT2D eigenvalue weighted by molar-refractivity contribution is -0.138. The molecule has 0 spiro atoms. The molecule has 2 aromatic carbocycles. The van der Waals surface area contributed by atoms with E-state index < -0.39 is 5.97 Å². The third-order valence-electron chi connectivity index (χ3n) is 7.26. The van der Waals surface area contributed by atoms with Gasteiger partial charge in [0.25, 0.3) is 5.91 Å². The van der Waals surface area contributed by atoms with Gasteiger partial charge in [-0.1, -0.05) is 41.7 Å². The van der Waals surface area contributed by atoms with Gasteiger partial charge in [0.1, 0.15) is 5.69 Å². The fraction of sp³-hybridized carbons (Fsp3) is 0.321. The van der Waals surface area contributed by atoms with E-state index in [4.69, 9.17) is 14.6 Å². The van der Waals surface area contributed by atoms with Gasteiger partial charge in [0.2, 0.25) is 6.79 Å². The molecule has 0 radical (unpaired) electrons. The van der Waals surface area contributed by atoms with E-state index >= 15 is 0 Å². The standard InChI is InChI=1S/C28H27N3O5S/c32-26(33)12-17-1-4-19(5-2-17)20-6-8-21(9-7-20)25-15-31-14-22(30-28(31)37-25)27(34)29-13-18-3-10-23-24(11-18)36-16-35-23/h3,6-11,14-15,17,19H,1-2,4-5,12-13,16H2,(H,29,34)(H,32,33)/t17-,19-. The molecular weight excluding hydrogens is 490 g/mol. The maximum atomic E-state index is 12.7. The zero-order valence-corrected chi connectivity index (χ0v) is 21.0. The number of hydrogen-bond acceptors (Lipinski definition) is 6. The van der Waals surface area contributed by atoms with Crippen molar-refractivity contribution in [2.24, 2.45) is 5.92 Å². The Balaban J connectivity index is 1.07. The Morgan fingerprint density at radius 1 is 1.03 bits per heavy atom. The number of benzene rings is 2. The van der Waals surface area contributed by atoms with E-state index in [9.17, 15) is 9.59 Å². The summed E-state index contributed by atoms with van der Waals surface area (Å²) in [6, 6.07) is 14.3. The molecule has 0 unspecified atom stereocenters. The lowest BCUT2D eigenvalue weighted by Crippen LogP contribution is -2.23. The lowest BCUT2D eigenvalue weighted by Gasteiger charge is -2.28. The number of carboxylic acid groups (broad SMARTS) is 1. The highest BCUT2D eigenvalue weighted by Crippen LogP contribution is 2.38. The average Bonchev–Trinajstić information content (AvgIpc) is 3.62. The van der Waals surface area contributed by atoms with Crippen molar-refractivity contribution in [1.29, 1.82) is 0 Å². The van der Waals surface area contributed by atoms with Crippen LogP contribution < -0.4 is 14.8 Å². The van der Waals surface area contributed by atoms with E-state index in [2.05, 4.69) is 34.6 Å². The largest absolute Gasteiger partial charge is 0.481 e. The van der Waals surface area contributed by atoms with Crippen LogP contribution in [0.4, 0.5) is 0 Å². The van der Waals surface area contributed by atoms with Gasteiger partial charge in [0.05, 0.1) is 4.88 Å². The van der Waals surface area contributed by atoms with Crippen LogP contribution in [0.3, 0.4) is 0 Å². The van der Waals surface area contributed by atoms with Crippen molar-refractivity contribution in [2.75, 3.05) is 6.79 Å². The summed E-state index contributed by atoms with van der Waals surface area (Å²) in [7, 11) is 0. The zero-order valence-electron chi connectivity index (χ0n) is 20.2. The topological polar surface area (TPSA) is 102 Å². The summed E-state index contributed by atoms with van der Waals surface area (Å²) < 4.78 is 12.6. The van der Waals surface area contributed by atoms with Crippen molar-refractivity contribution in [1.82, 2.24) is 14.7 Å². The summed E-state index contributed by atoms with van der Waals surface area (Å²) in [5, 5.41) is 11.9. The fourth-order valence-electron chi connectivity index (χ4n) is 5.23. The van der Waals surface area contributed by atoms with E-state index in [-0.39, 0.29) is 19.1 Å². The Morgan fingerprint density at radius 3 is 2.57 bits per heavy atom. The van der Waals surface area contributed by atoms with Gasteiger partial charge in [-0.25, -0.2) is 4.98 Å². The number of rotatable bonds is 7. The van der Waals surface area contributed by atoms with Crippen LogP contribution in [0.1, 0.15) is 59.6 Å². The number of nitrogens with zero attached hydrogens (tertiary/aromatic N) is 2. The Hall–Kier alpha value is -3.85. The molecule has 9 heteroatoms. The van der Waals surface area contributed by atoms with E-state index in [1.807, 2.05) is 28.8 Å². The molecular formula is C28H27N3O5S. The van der Waals surface area contributed by atoms with Crippen molar-refractivity contribution in [3.63, 3.8) is 0 Å². The van der Waals surface area contributed by atoms with Crippen LogP contribution in [0.2, 0.25) is 0 Å². The molecule has 1 amide bonds. The van der Waals surface area contributed by atoms with Crippen LogP contribution in [0, 0.1) is 5.92 Å². The molecule has 3 heterocycles. The number of amides is 1. The molecule has 2 aromatic heterocycles. The Morgan fingerprint density at radius 2 is 1.81 bits per heavy atom. The van der Waals surface area contributed by atoms with Crippen molar-refractivity contribution < 1.29 is 24.2 Å². The van der Waals surface area contributed by atoms with Crippen molar-refractivity contribution >= 4 is 28.2 Å². The molecule has 1 saturated carbocycles. The van der Waals surface area contributed by atoms with Gasteiger partial charge < -0.3 is 19.9 Å². The molecule has 37 heavy (non-hydrogen) atoms. The lowest BCUT2D eigenvalue weighted by atomic mass is 9.77. The third kappa shape index (κ3) is 5.04. The highest BCUT2D eigenvalue weighted by molar-refractivity contribution is 7.20. The average molecular weight is 518 g/mol. The first-order valence-electron chi connectivity index (χ1n) is 12.5. The number of fused-ring (bicyclic) bond motifs is 2. The SMILES string of the molecule is O=C(O)C[C@H]1CC[C@H](c2ccc(-c3cn4cc(C(=O)NCc5ccc6c(c5)OCO6)nc4s3)cc2)CC1. The predicted molar refractivity (Wildman–Crippen MR) is 139 cm³/mol. The van der Waals surface area contributed by atoms with Crippen molar-refractivity contribution in [3.05, 3.63) is 71.7 Å². The highest BCUT2D eigenvalue weighted by Gasteiger charge is 2.24. The van der Waals surface area contributed by atoms with E-state index in [0.29, 0.717) is 29.8 Å². The van der Waals surface area contributed by atoms with E-state index in [0.717, 1.165) is 52.4 Å². The first-order chi connectivity index (χ1) is 18.0. The molecule has 1 fully saturated rings. The normalized spacial score (nSPS) is 18.7. The highest BCUT2D eigenvalue weighted by atomic mass is 32.1. The zero-order chi connectivity index (χ0) is 25.4. The Labute approximate surface area is 217 Å². The monoisotopic (exact) mass is 517 g/mol. The molecule has 2 N–H and O–H groups in total. The molecule has 4 aromatic rings. The van der Waals surface area contributed by atoms with Gasteiger partial charge in [-0.05, 0) is 66.3 Å². The predicted octanol–water partition coefficient (Wildman–Crippen LogP) is 5.47. The van der Waals surface area contributed by atoms with Crippen molar-refractivity contribution in [3.8, 4) is 21.9 Å². The van der Waals surface area contributed by atoms with Crippen LogP contribution in [-0.4, -0.2) is 33.2 Å². The van der Waals surface area contributed by atoms with Gasteiger partial charge >= 0.3 is 5.97 Å². The van der Waals surface area contributed by atoms with Gasteiger partial charge in [-0.3, -0.25) is 14.0 Å². The summed E-state index contributed by atoms with van der Waals surface area (Å²) in [5.74, 6) is 1.30. The second-order valence-corrected chi connectivity index (χ2v) is 10.7. The molecule has 8 nitrogen and oxygen atoms in total. The third-order valence-corrected chi connectivity index (χ3v) is 8.30. The molecule has 190 valence electrons. The van der Waals surface area contributed by atoms with Gasteiger partial charge in [-0.2, -0.15) is 0 Å². The number of carboxylic acids is 1. The van der Waals surface area contributed by atoms with Gasteiger partial charge in [0.15, 0.2) is 16.5 Å². The second kappa shape index (κ2) is 9.89. The van der Waals surface area contributed by atoms with Gasteiger partial charge in [0, 0.05) is 25.4 Å². The Kier molecular flexibility index (Phi) is 6.30. The number of nitrogens with one attached hydrogen (secondary N) is 1. The van der Waals surface area contributed by atoms with Crippen LogP contribution >= 0.6 is 11.3 Å². The molecule has 1 aliphatic heterocycles. The minimum Gasteiger partial charge on any atom is -0.481 e. The minimum atomic E-state index is -0.691. The summed E-state index contributed by atoms with van der Waals surface area (Å²) in [4.78, 5) is 30.0. The maximum absolute atomic E-state index is 12.7. The number of ether oxygens (including phenoxy) is 2. The van der Waals surface area contributed by atoms with E-state index in [1.165, 1.54) is 5.56 Å². The number of hydrogen-bond donors (Lipinski definition) is 2. The first kappa shape index (κ1) is 23.5. The van der Waals surface area contributed by atoms with Crippen LogP contribution in [-0.2, 0) is 11.3 Å². The molecule has 0 bridgehead atoms. The number of carbonyl (C=O) groups is 2. The Bertz CT molecular complexity index is 1420. The molecule has 1 aliphatic carbocycles. The summed E-state index contributed by atoms with van der Waals surface area (Å²) in [5.41, 5.74) is 3.75. The van der Waals surface area contributed by atoms with E-state index in [1.54, 1.807) is 17.5 Å². The number of aliphatic carboxylic acids is 1. The number of imidazole rings is 1. The minimum absolute atomic E-state index is 0.222. The maximum Gasteiger partial charge on any atom is 0.303 e. The number of carbonyl (C=O) groups excluding carboxylic acids is 1. The molecule has 0 atom stereocenters. The molecule has 0 saturated heterocycles. The molecule has 6 rings (SSSR count). The second-order valence-electron chi connectivity index (χ2n) is 9.72. The van der Waals surface area contributed by atoms with Gasteiger partial charge in [-0.15, -0.1) is 0 Å². The number of thiazole rings is 1. The smallest absolute Gasteiger partial charge is 0.303 e. The summed E-state index contributed by atoms with van der Waals surface area (Å²) in [6.07, 6.45) is 8.10. The fourth-order valence-corrected chi connectivity index (χ4v) is 6.20. The van der Waals surface area contributed by atoms with Crippen molar-refractivity contribution in [2.45, 2.75) is 44.6 Å². The molecule has 2 aliphatic rings. The summed E-state index contributed by atoms with van der Waals surface area (Å²) >= 11 is 1.55. The van der Waals surface area contributed by atoms with Crippen LogP contribution in [0.25, 0.3) is 15.4 Å². The van der Waals surface area contributed by atoms with Crippen LogP contribution in [0.5, 0.6) is 11.5 Å². The number of aromatic nitrogens is 2. The van der Waals surface area contributed by atoms with Crippen LogP contribution in [0.15, 0.2) is 54.9 Å². The quantitative estimate of drug-likeness (QED) is 0.337.